The summed E-state index contributed by atoms with van der Waals surface area (Å²) in [6.45, 7) is 1.92. The highest BCUT2D eigenvalue weighted by atomic mass is 35.5. The van der Waals surface area contributed by atoms with Crippen molar-refractivity contribution < 1.29 is 14.7 Å². The summed E-state index contributed by atoms with van der Waals surface area (Å²) in [5, 5.41) is 12.2. The molecule has 1 aromatic rings. The van der Waals surface area contributed by atoms with Crippen LogP contribution in [0.15, 0.2) is 30.3 Å². The predicted molar refractivity (Wildman–Crippen MR) is 84.6 cm³/mol. The number of likely N-dealkylation sites (N-methyl/N-ethyl adjacent to an activating group) is 1. The van der Waals surface area contributed by atoms with E-state index in [1.54, 1.807) is 14.1 Å². The Kier molecular flexibility index (Phi) is 8.66. The molecule has 2 atom stereocenters. The number of halogens is 1. The Morgan fingerprint density at radius 3 is 2.24 bits per heavy atom. The van der Waals surface area contributed by atoms with Gasteiger partial charge in [-0.05, 0) is 12.0 Å². The zero-order valence-electron chi connectivity index (χ0n) is 12.6. The van der Waals surface area contributed by atoms with Crippen LogP contribution in [-0.2, 0) is 9.59 Å². The van der Waals surface area contributed by atoms with Gasteiger partial charge in [0.05, 0.1) is 0 Å². The Morgan fingerprint density at radius 2 is 1.81 bits per heavy atom. The molecule has 0 saturated heterocycles. The molecule has 1 aromatic carbocycles. The fourth-order valence-corrected chi connectivity index (χ4v) is 1.98. The third-order valence-electron chi connectivity index (χ3n) is 3.06. The van der Waals surface area contributed by atoms with E-state index in [-0.39, 0.29) is 18.3 Å². The molecule has 21 heavy (non-hydrogen) atoms. The van der Waals surface area contributed by atoms with E-state index in [2.05, 4.69) is 5.32 Å². The molecule has 0 aliphatic carbocycles. The summed E-state index contributed by atoms with van der Waals surface area (Å²) < 4.78 is 0. The molecule has 2 N–H and O–H groups in total. The molecule has 0 heterocycles. The number of carbonyl (C=O) groups excluding carboxylic acids is 1. The first-order chi connectivity index (χ1) is 9.47. The second-order valence-corrected chi connectivity index (χ2v) is 4.92. The molecule has 0 fully saturated rings. The lowest BCUT2D eigenvalue weighted by Crippen LogP contribution is -2.45. The van der Waals surface area contributed by atoms with Crippen LogP contribution in [0, 0.1) is 0 Å². The van der Waals surface area contributed by atoms with E-state index in [9.17, 15) is 14.7 Å². The van der Waals surface area contributed by atoms with Crippen molar-refractivity contribution in [1.29, 1.82) is 0 Å². The number of rotatable bonds is 7. The lowest BCUT2D eigenvalue weighted by atomic mass is 10.0. The van der Waals surface area contributed by atoms with Gasteiger partial charge in [-0.25, -0.2) is 0 Å². The zero-order chi connectivity index (χ0) is 15.1. The van der Waals surface area contributed by atoms with Gasteiger partial charge >= 0.3 is 5.97 Å². The average molecular weight is 315 g/mol. The molecule has 0 aliphatic heterocycles. The van der Waals surface area contributed by atoms with Gasteiger partial charge in [0.15, 0.2) is 0 Å². The van der Waals surface area contributed by atoms with Gasteiger partial charge in [-0.3, -0.25) is 14.9 Å². The molecule has 0 radical (unpaired) electrons. The Balaban J connectivity index is 0.00000400. The maximum Gasteiger partial charge on any atom is 0.320 e. The van der Waals surface area contributed by atoms with Crippen LogP contribution in [-0.4, -0.2) is 42.0 Å². The number of benzene rings is 1. The molecule has 1 rings (SSSR count). The topological polar surface area (TPSA) is 69.6 Å². The Hall–Kier alpha value is -1.59. The number of amides is 1. The highest BCUT2D eigenvalue weighted by Gasteiger charge is 2.27. The first-order valence-electron chi connectivity index (χ1n) is 6.72. The van der Waals surface area contributed by atoms with E-state index < -0.39 is 18.1 Å². The minimum absolute atomic E-state index is 0. The molecule has 1 amide bonds. The zero-order valence-corrected chi connectivity index (χ0v) is 13.4. The largest absolute Gasteiger partial charge is 0.480 e. The van der Waals surface area contributed by atoms with Gasteiger partial charge in [-0.2, -0.15) is 0 Å². The number of hydrogen-bond acceptors (Lipinski definition) is 3. The molecule has 2 unspecified atom stereocenters. The van der Waals surface area contributed by atoms with Gasteiger partial charge < -0.3 is 10.0 Å². The standard InChI is InChI=1S/C15H22N2O3.ClH/c1-4-8-12(15(19)20)16-13(14(18)17(2)3)11-9-6-5-7-10-11;/h5-7,9-10,12-13,16H,4,8H2,1-3H3,(H,19,20);1H. The van der Waals surface area contributed by atoms with Crippen LogP contribution in [0.1, 0.15) is 31.4 Å². The van der Waals surface area contributed by atoms with E-state index in [0.717, 1.165) is 12.0 Å². The predicted octanol–water partition coefficient (Wildman–Crippen LogP) is 2.08. The van der Waals surface area contributed by atoms with Gasteiger partial charge in [0.1, 0.15) is 12.1 Å². The number of aliphatic carboxylic acids is 1. The molecular formula is C15H23ClN2O3. The van der Waals surface area contributed by atoms with Gasteiger partial charge in [-0.15, -0.1) is 12.4 Å². The Morgan fingerprint density at radius 1 is 1.24 bits per heavy atom. The van der Waals surface area contributed by atoms with E-state index in [1.807, 2.05) is 37.3 Å². The summed E-state index contributed by atoms with van der Waals surface area (Å²) in [4.78, 5) is 25.0. The van der Waals surface area contributed by atoms with Gasteiger partial charge in [0, 0.05) is 14.1 Å². The molecule has 0 aromatic heterocycles. The smallest absolute Gasteiger partial charge is 0.320 e. The molecule has 6 heteroatoms. The highest BCUT2D eigenvalue weighted by molar-refractivity contribution is 5.85. The number of carbonyl (C=O) groups is 2. The molecule has 0 aliphatic rings. The quantitative estimate of drug-likeness (QED) is 0.808. The highest BCUT2D eigenvalue weighted by Crippen LogP contribution is 2.16. The van der Waals surface area contributed by atoms with Crippen molar-refractivity contribution in [3.63, 3.8) is 0 Å². The Labute approximate surface area is 131 Å². The van der Waals surface area contributed by atoms with E-state index in [1.165, 1.54) is 4.90 Å². The van der Waals surface area contributed by atoms with E-state index in [0.29, 0.717) is 6.42 Å². The number of hydrogen-bond donors (Lipinski definition) is 2. The maximum atomic E-state index is 12.3. The van der Waals surface area contributed by atoms with Gasteiger partial charge in [0.25, 0.3) is 0 Å². The van der Waals surface area contributed by atoms with Crippen molar-refractivity contribution in [2.75, 3.05) is 14.1 Å². The summed E-state index contributed by atoms with van der Waals surface area (Å²) in [6.07, 6.45) is 1.22. The molecular weight excluding hydrogens is 292 g/mol. The van der Waals surface area contributed by atoms with E-state index in [4.69, 9.17) is 0 Å². The van der Waals surface area contributed by atoms with Gasteiger partial charge in [0.2, 0.25) is 5.91 Å². The molecule has 5 nitrogen and oxygen atoms in total. The maximum absolute atomic E-state index is 12.3. The van der Waals surface area contributed by atoms with Crippen molar-refractivity contribution in [2.45, 2.75) is 31.8 Å². The number of carboxylic acids is 1. The van der Waals surface area contributed by atoms with Crippen LogP contribution in [0.3, 0.4) is 0 Å². The first kappa shape index (κ1) is 19.4. The van der Waals surface area contributed by atoms with E-state index >= 15 is 0 Å². The SMILES string of the molecule is CCCC(NC(C(=O)N(C)C)c1ccccc1)C(=O)O.Cl. The average Bonchev–Trinajstić information content (AvgIpc) is 2.43. The van der Waals surface area contributed by atoms with Crippen molar-refractivity contribution in [3.05, 3.63) is 35.9 Å². The van der Waals surface area contributed by atoms with Crippen LogP contribution in [0.2, 0.25) is 0 Å². The van der Waals surface area contributed by atoms with Crippen LogP contribution in [0.25, 0.3) is 0 Å². The monoisotopic (exact) mass is 314 g/mol. The third kappa shape index (κ3) is 5.73. The number of nitrogens with one attached hydrogen (secondary N) is 1. The normalized spacial score (nSPS) is 12.9. The summed E-state index contributed by atoms with van der Waals surface area (Å²) in [5.74, 6) is -1.09. The summed E-state index contributed by atoms with van der Waals surface area (Å²) in [7, 11) is 3.32. The Bertz CT molecular complexity index is 451. The van der Waals surface area contributed by atoms with Crippen LogP contribution in [0.4, 0.5) is 0 Å². The minimum Gasteiger partial charge on any atom is -0.480 e. The number of carboxylic acid groups (broad SMARTS) is 1. The summed E-state index contributed by atoms with van der Waals surface area (Å²) >= 11 is 0. The van der Waals surface area contributed by atoms with Crippen molar-refractivity contribution in [1.82, 2.24) is 10.2 Å². The lowest BCUT2D eigenvalue weighted by Gasteiger charge is -2.25. The van der Waals surface area contributed by atoms with Crippen LogP contribution < -0.4 is 5.32 Å². The third-order valence-corrected chi connectivity index (χ3v) is 3.06. The summed E-state index contributed by atoms with van der Waals surface area (Å²) in [5.41, 5.74) is 0.772. The number of nitrogens with zero attached hydrogens (tertiary/aromatic N) is 1. The molecule has 0 saturated carbocycles. The molecule has 0 spiro atoms. The molecule has 0 bridgehead atoms. The van der Waals surface area contributed by atoms with Crippen molar-refractivity contribution in [2.24, 2.45) is 0 Å². The minimum atomic E-state index is -0.931. The summed E-state index contributed by atoms with van der Waals surface area (Å²) in [6, 6.07) is 7.81. The van der Waals surface area contributed by atoms with Crippen LogP contribution in [0.5, 0.6) is 0 Å². The van der Waals surface area contributed by atoms with Crippen molar-refractivity contribution in [3.8, 4) is 0 Å². The first-order valence-corrected chi connectivity index (χ1v) is 6.72. The second-order valence-electron chi connectivity index (χ2n) is 4.92. The fraction of sp³-hybridized carbons (Fsp3) is 0.467. The van der Waals surface area contributed by atoms with Gasteiger partial charge in [-0.1, -0.05) is 43.7 Å². The van der Waals surface area contributed by atoms with Crippen LogP contribution >= 0.6 is 12.4 Å². The second kappa shape index (κ2) is 9.37. The van der Waals surface area contributed by atoms with Crippen molar-refractivity contribution >= 4 is 24.3 Å². The lowest BCUT2D eigenvalue weighted by molar-refractivity contribution is -0.140. The molecule has 118 valence electrons. The fourth-order valence-electron chi connectivity index (χ4n) is 1.98.